The quantitative estimate of drug-likeness (QED) is 0.736. The maximum absolute atomic E-state index is 13.3. The van der Waals surface area contributed by atoms with Crippen LogP contribution in [0, 0.1) is 5.82 Å². The van der Waals surface area contributed by atoms with E-state index in [1.807, 2.05) is 18.2 Å². The lowest BCUT2D eigenvalue weighted by atomic mass is 10.1. The fraction of sp³-hybridized carbons (Fsp3) is 0.133. The number of para-hydroxylation sites is 1. The molecule has 20 heavy (non-hydrogen) atoms. The molecule has 0 unspecified atom stereocenters. The van der Waals surface area contributed by atoms with Crippen LogP contribution in [0.1, 0.15) is 0 Å². The lowest BCUT2D eigenvalue weighted by Crippen LogP contribution is -2.18. The molecule has 3 aromatic rings. The van der Waals surface area contributed by atoms with E-state index >= 15 is 0 Å². The topological polar surface area (TPSA) is 34.1 Å². The molecule has 1 N–H and O–H groups in total. The third kappa shape index (κ3) is 1.82. The van der Waals surface area contributed by atoms with Crippen molar-refractivity contribution in [1.29, 1.82) is 0 Å². The van der Waals surface area contributed by atoms with Crippen LogP contribution < -0.4 is 10.1 Å². The van der Waals surface area contributed by atoms with E-state index in [0.29, 0.717) is 6.61 Å². The zero-order valence-electron chi connectivity index (χ0n) is 10.5. The van der Waals surface area contributed by atoms with Crippen molar-refractivity contribution in [1.82, 2.24) is 4.98 Å². The Labute approximate surface area is 119 Å². The molecular formula is C15H11FN2OS. The molecule has 0 atom stereocenters. The first kappa shape index (κ1) is 11.7. The summed E-state index contributed by atoms with van der Waals surface area (Å²) >= 11 is 1.48. The van der Waals surface area contributed by atoms with Crippen LogP contribution in [0.4, 0.5) is 10.1 Å². The predicted octanol–water partition coefficient (Wildman–Crippen LogP) is 3.91. The van der Waals surface area contributed by atoms with E-state index in [2.05, 4.69) is 10.3 Å². The van der Waals surface area contributed by atoms with E-state index in [1.54, 1.807) is 6.07 Å². The Morgan fingerprint density at radius 1 is 1.25 bits per heavy atom. The summed E-state index contributed by atoms with van der Waals surface area (Å²) in [7, 11) is 0. The summed E-state index contributed by atoms with van der Waals surface area (Å²) in [6, 6.07) is 10.6. The molecule has 0 bridgehead atoms. The minimum atomic E-state index is -0.235. The molecule has 100 valence electrons. The van der Waals surface area contributed by atoms with Gasteiger partial charge in [0.15, 0.2) is 5.75 Å². The van der Waals surface area contributed by atoms with Gasteiger partial charge in [-0.3, -0.25) is 0 Å². The fourth-order valence-corrected chi connectivity index (χ4v) is 3.37. The van der Waals surface area contributed by atoms with Gasteiger partial charge in [0, 0.05) is 6.54 Å². The maximum Gasteiger partial charge on any atom is 0.152 e. The maximum atomic E-state index is 13.3. The number of nitrogens with zero attached hydrogens (tertiary/aromatic N) is 1. The average molecular weight is 286 g/mol. The molecule has 1 aromatic heterocycles. The first-order chi connectivity index (χ1) is 9.81. The molecule has 2 heterocycles. The standard InChI is InChI=1S/C15H11FN2OS/c16-9-4-5-11-13(8-9)20-15(18-11)10-2-1-3-12-14(10)19-7-6-17-12/h1-5,8,17H,6-7H2. The highest BCUT2D eigenvalue weighted by molar-refractivity contribution is 7.21. The summed E-state index contributed by atoms with van der Waals surface area (Å²) in [5.41, 5.74) is 2.75. The van der Waals surface area contributed by atoms with Gasteiger partial charge >= 0.3 is 0 Å². The molecule has 1 aliphatic heterocycles. The zero-order valence-corrected chi connectivity index (χ0v) is 11.3. The number of nitrogens with one attached hydrogen (secondary N) is 1. The van der Waals surface area contributed by atoms with Gasteiger partial charge in [0.1, 0.15) is 17.4 Å². The van der Waals surface area contributed by atoms with Gasteiger partial charge in [-0.15, -0.1) is 11.3 Å². The molecule has 1 aliphatic rings. The van der Waals surface area contributed by atoms with Crippen molar-refractivity contribution in [2.45, 2.75) is 0 Å². The molecule has 0 saturated heterocycles. The molecule has 4 rings (SSSR count). The molecule has 0 fully saturated rings. The van der Waals surface area contributed by atoms with Crippen LogP contribution in [0.3, 0.4) is 0 Å². The Bertz CT molecular complexity index is 800. The highest BCUT2D eigenvalue weighted by Gasteiger charge is 2.17. The molecule has 3 nitrogen and oxygen atoms in total. The van der Waals surface area contributed by atoms with Crippen molar-refractivity contribution in [2.24, 2.45) is 0 Å². The number of ether oxygens (including phenoxy) is 1. The van der Waals surface area contributed by atoms with E-state index < -0.39 is 0 Å². The number of benzene rings is 2. The van der Waals surface area contributed by atoms with Crippen LogP contribution in [0.15, 0.2) is 36.4 Å². The predicted molar refractivity (Wildman–Crippen MR) is 79.0 cm³/mol. The second-order valence-electron chi connectivity index (χ2n) is 4.59. The van der Waals surface area contributed by atoms with E-state index in [4.69, 9.17) is 4.74 Å². The van der Waals surface area contributed by atoms with Gasteiger partial charge in [0.2, 0.25) is 0 Å². The smallest absolute Gasteiger partial charge is 0.152 e. The highest BCUT2D eigenvalue weighted by atomic mass is 32.1. The lowest BCUT2D eigenvalue weighted by Gasteiger charge is -2.20. The number of thiazole rings is 1. The average Bonchev–Trinajstić information content (AvgIpc) is 2.89. The Hall–Kier alpha value is -2.14. The summed E-state index contributed by atoms with van der Waals surface area (Å²) in [6.45, 7) is 1.45. The van der Waals surface area contributed by atoms with Gasteiger partial charge in [-0.1, -0.05) is 6.07 Å². The Morgan fingerprint density at radius 3 is 3.15 bits per heavy atom. The third-order valence-corrected chi connectivity index (χ3v) is 4.31. The molecule has 0 aliphatic carbocycles. The zero-order chi connectivity index (χ0) is 13.5. The highest BCUT2D eigenvalue weighted by Crippen LogP contribution is 2.40. The summed E-state index contributed by atoms with van der Waals surface area (Å²) in [4.78, 5) is 4.58. The van der Waals surface area contributed by atoms with Crippen molar-refractivity contribution in [3.05, 3.63) is 42.2 Å². The summed E-state index contributed by atoms with van der Waals surface area (Å²) < 4.78 is 19.9. The van der Waals surface area contributed by atoms with Crippen LogP contribution in [-0.2, 0) is 0 Å². The van der Waals surface area contributed by atoms with Crippen LogP contribution in [0.25, 0.3) is 20.8 Å². The van der Waals surface area contributed by atoms with E-state index in [1.165, 1.54) is 23.5 Å². The Morgan fingerprint density at radius 2 is 2.20 bits per heavy atom. The number of aromatic nitrogens is 1. The fourth-order valence-electron chi connectivity index (χ4n) is 2.35. The number of halogens is 1. The van der Waals surface area contributed by atoms with Gasteiger partial charge in [-0.2, -0.15) is 0 Å². The van der Waals surface area contributed by atoms with Crippen molar-refractivity contribution in [3.8, 4) is 16.3 Å². The number of anilines is 1. The molecular weight excluding hydrogens is 275 g/mol. The van der Waals surface area contributed by atoms with Crippen LogP contribution in [0.5, 0.6) is 5.75 Å². The molecule has 0 radical (unpaired) electrons. The van der Waals surface area contributed by atoms with Crippen molar-refractivity contribution < 1.29 is 9.13 Å². The minimum Gasteiger partial charge on any atom is -0.489 e. The first-order valence-electron chi connectivity index (χ1n) is 6.37. The van der Waals surface area contributed by atoms with E-state index in [0.717, 1.165) is 38.8 Å². The van der Waals surface area contributed by atoms with Gasteiger partial charge in [0.25, 0.3) is 0 Å². The minimum absolute atomic E-state index is 0.235. The summed E-state index contributed by atoms with van der Waals surface area (Å²) in [5.74, 6) is 0.596. The number of hydrogen-bond acceptors (Lipinski definition) is 4. The Balaban J connectivity index is 1.90. The van der Waals surface area contributed by atoms with Gasteiger partial charge in [-0.05, 0) is 30.3 Å². The summed E-state index contributed by atoms with van der Waals surface area (Å²) in [5, 5.41) is 4.16. The molecule has 2 aromatic carbocycles. The van der Waals surface area contributed by atoms with E-state index in [-0.39, 0.29) is 5.82 Å². The second-order valence-corrected chi connectivity index (χ2v) is 5.62. The van der Waals surface area contributed by atoms with Gasteiger partial charge < -0.3 is 10.1 Å². The Kier molecular flexibility index (Phi) is 2.60. The van der Waals surface area contributed by atoms with Gasteiger partial charge in [0.05, 0.1) is 21.5 Å². The second kappa shape index (κ2) is 4.45. The SMILES string of the molecule is Fc1ccc2nc(-c3cccc4c3OCCN4)sc2c1. The van der Waals surface area contributed by atoms with Crippen LogP contribution >= 0.6 is 11.3 Å². The number of rotatable bonds is 1. The van der Waals surface area contributed by atoms with Crippen molar-refractivity contribution in [2.75, 3.05) is 18.5 Å². The monoisotopic (exact) mass is 286 g/mol. The molecule has 0 spiro atoms. The van der Waals surface area contributed by atoms with Crippen LogP contribution in [-0.4, -0.2) is 18.1 Å². The molecule has 0 amide bonds. The largest absolute Gasteiger partial charge is 0.489 e. The normalized spacial score (nSPS) is 13.7. The van der Waals surface area contributed by atoms with Crippen molar-refractivity contribution in [3.63, 3.8) is 0 Å². The number of fused-ring (bicyclic) bond motifs is 2. The third-order valence-electron chi connectivity index (χ3n) is 3.26. The molecule has 0 saturated carbocycles. The van der Waals surface area contributed by atoms with Crippen molar-refractivity contribution >= 4 is 27.2 Å². The van der Waals surface area contributed by atoms with Crippen LogP contribution in [0.2, 0.25) is 0 Å². The van der Waals surface area contributed by atoms with E-state index in [9.17, 15) is 4.39 Å². The molecule has 5 heteroatoms. The first-order valence-corrected chi connectivity index (χ1v) is 7.19. The lowest BCUT2D eigenvalue weighted by molar-refractivity contribution is 0.324. The van der Waals surface area contributed by atoms with Gasteiger partial charge in [-0.25, -0.2) is 9.37 Å². The summed E-state index contributed by atoms with van der Waals surface area (Å²) in [6.07, 6.45) is 0. The number of hydrogen-bond donors (Lipinski definition) is 1.